The average Bonchev–Trinajstić information content (AvgIpc) is 2.59. The number of carbonyl (C=O) groups excluding carboxylic acids is 2. The number of nitrogens with zero attached hydrogens (tertiary/aromatic N) is 1. The first kappa shape index (κ1) is 21.0. The molecule has 0 spiro atoms. The van der Waals surface area contributed by atoms with Gasteiger partial charge in [-0.1, -0.05) is 23.4 Å². The van der Waals surface area contributed by atoms with Crippen molar-refractivity contribution >= 4 is 23.8 Å². The SMILES string of the molecule is CC(C)(C)O/N=C/Cc1ccc(NC(=O)NC(=O)c2c(F)cccc2F)cc1. The molecule has 2 aromatic rings. The molecule has 0 saturated heterocycles. The number of amides is 3. The molecular formula is C20H21F2N3O3. The number of imide groups is 1. The molecule has 0 atom stereocenters. The van der Waals surface area contributed by atoms with Crippen LogP contribution >= 0.6 is 0 Å². The molecule has 0 fully saturated rings. The summed E-state index contributed by atoms with van der Waals surface area (Å²) in [6.07, 6.45) is 2.16. The van der Waals surface area contributed by atoms with E-state index in [-0.39, 0.29) is 5.60 Å². The Hall–Kier alpha value is -3.29. The molecule has 0 bridgehead atoms. The summed E-state index contributed by atoms with van der Waals surface area (Å²) in [5.41, 5.74) is 0.160. The minimum absolute atomic E-state index is 0.360. The van der Waals surface area contributed by atoms with Crippen molar-refractivity contribution in [3.8, 4) is 0 Å². The second kappa shape index (κ2) is 9.07. The van der Waals surface area contributed by atoms with Crippen LogP contribution in [0, 0.1) is 11.6 Å². The molecule has 2 aromatic carbocycles. The molecule has 0 saturated carbocycles. The summed E-state index contributed by atoms with van der Waals surface area (Å²) in [6.45, 7) is 5.67. The molecular weight excluding hydrogens is 368 g/mol. The standard InChI is InChI=1S/C20H21F2N3O3/c1-20(2,3)28-23-12-11-13-7-9-14(10-8-13)24-19(27)25-18(26)17-15(21)5-4-6-16(17)22/h4-10,12H,11H2,1-3H3,(H2,24,25,26,27)/b23-12+. The van der Waals surface area contributed by atoms with Gasteiger partial charge >= 0.3 is 6.03 Å². The fourth-order valence-electron chi connectivity index (χ4n) is 2.10. The number of halogens is 2. The average molecular weight is 389 g/mol. The number of rotatable bonds is 5. The van der Waals surface area contributed by atoms with Crippen molar-refractivity contribution in [1.82, 2.24) is 5.32 Å². The highest BCUT2D eigenvalue weighted by Crippen LogP contribution is 2.13. The molecule has 28 heavy (non-hydrogen) atoms. The fourth-order valence-corrected chi connectivity index (χ4v) is 2.10. The molecule has 6 nitrogen and oxygen atoms in total. The summed E-state index contributed by atoms with van der Waals surface area (Å²) in [7, 11) is 0. The smallest absolute Gasteiger partial charge is 0.326 e. The molecule has 2 rings (SSSR count). The normalized spacial score (nSPS) is 11.3. The summed E-state index contributed by atoms with van der Waals surface area (Å²) < 4.78 is 27.1. The third kappa shape index (κ3) is 6.46. The van der Waals surface area contributed by atoms with Crippen LogP contribution in [-0.2, 0) is 11.3 Å². The first-order valence-electron chi connectivity index (χ1n) is 8.51. The largest absolute Gasteiger partial charge is 0.390 e. The van der Waals surface area contributed by atoms with Gasteiger partial charge in [-0.25, -0.2) is 13.6 Å². The van der Waals surface area contributed by atoms with Gasteiger partial charge in [0.25, 0.3) is 5.91 Å². The third-order valence-electron chi connectivity index (χ3n) is 3.36. The Morgan fingerprint density at radius 3 is 2.25 bits per heavy atom. The molecule has 148 valence electrons. The second-order valence-electron chi connectivity index (χ2n) is 6.90. The zero-order valence-corrected chi connectivity index (χ0v) is 15.8. The van der Waals surface area contributed by atoms with Crippen molar-refractivity contribution in [2.45, 2.75) is 32.8 Å². The Morgan fingerprint density at radius 1 is 1.07 bits per heavy atom. The van der Waals surface area contributed by atoms with Crippen LogP contribution in [0.1, 0.15) is 36.7 Å². The topological polar surface area (TPSA) is 79.8 Å². The van der Waals surface area contributed by atoms with E-state index in [0.29, 0.717) is 12.1 Å². The lowest BCUT2D eigenvalue weighted by Crippen LogP contribution is -2.35. The fraction of sp³-hybridized carbons (Fsp3) is 0.250. The van der Waals surface area contributed by atoms with E-state index in [4.69, 9.17) is 4.84 Å². The van der Waals surface area contributed by atoms with E-state index >= 15 is 0 Å². The van der Waals surface area contributed by atoms with E-state index in [1.54, 1.807) is 30.5 Å². The lowest BCUT2D eigenvalue weighted by molar-refractivity contribution is 0.00165. The van der Waals surface area contributed by atoms with Crippen LogP contribution < -0.4 is 10.6 Å². The van der Waals surface area contributed by atoms with Crippen LogP contribution in [-0.4, -0.2) is 23.8 Å². The van der Waals surface area contributed by atoms with Crippen molar-refractivity contribution in [2.24, 2.45) is 5.16 Å². The molecule has 0 aromatic heterocycles. The highest BCUT2D eigenvalue weighted by molar-refractivity contribution is 6.08. The Morgan fingerprint density at radius 2 is 1.68 bits per heavy atom. The first-order valence-corrected chi connectivity index (χ1v) is 8.51. The lowest BCUT2D eigenvalue weighted by Gasteiger charge is -2.14. The zero-order chi connectivity index (χ0) is 20.7. The van der Waals surface area contributed by atoms with Crippen LogP contribution in [0.3, 0.4) is 0 Å². The minimum atomic E-state index is -1.17. The van der Waals surface area contributed by atoms with Gasteiger partial charge in [0, 0.05) is 18.3 Å². The maximum Gasteiger partial charge on any atom is 0.326 e. The van der Waals surface area contributed by atoms with Crippen LogP contribution in [0.25, 0.3) is 0 Å². The van der Waals surface area contributed by atoms with Gasteiger partial charge in [0.15, 0.2) is 0 Å². The van der Waals surface area contributed by atoms with Crippen molar-refractivity contribution in [3.05, 3.63) is 65.2 Å². The molecule has 0 unspecified atom stereocenters. The van der Waals surface area contributed by atoms with E-state index in [9.17, 15) is 18.4 Å². The quantitative estimate of drug-likeness (QED) is 0.592. The summed E-state index contributed by atoms with van der Waals surface area (Å²) in [6, 6.07) is 8.87. The second-order valence-corrected chi connectivity index (χ2v) is 6.90. The van der Waals surface area contributed by atoms with Crippen LogP contribution in [0.4, 0.5) is 19.3 Å². The first-order chi connectivity index (χ1) is 13.2. The Labute approximate surface area is 161 Å². The highest BCUT2D eigenvalue weighted by atomic mass is 19.1. The number of carbonyl (C=O) groups is 2. The summed E-state index contributed by atoms with van der Waals surface area (Å²) in [5, 5.41) is 8.19. The Kier molecular flexibility index (Phi) is 6.81. The number of nitrogens with one attached hydrogen (secondary N) is 2. The molecule has 8 heteroatoms. The molecule has 2 N–H and O–H groups in total. The highest BCUT2D eigenvalue weighted by Gasteiger charge is 2.19. The van der Waals surface area contributed by atoms with Crippen LogP contribution in [0.5, 0.6) is 0 Å². The van der Waals surface area contributed by atoms with E-state index in [0.717, 1.165) is 23.8 Å². The number of anilines is 1. The number of hydrogen-bond donors (Lipinski definition) is 2. The van der Waals surface area contributed by atoms with Gasteiger partial charge in [-0.3, -0.25) is 10.1 Å². The number of hydrogen-bond acceptors (Lipinski definition) is 4. The van der Waals surface area contributed by atoms with Gasteiger partial charge in [0.2, 0.25) is 0 Å². The van der Waals surface area contributed by atoms with E-state index in [1.807, 2.05) is 26.1 Å². The van der Waals surface area contributed by atoms with E-state index in [1.165, 1.54) is 0 Å². The molecule has 0 aliphatic rings. The summed E-state index contributed by atoms with van der Waals surface area (Å²) in [5.74, 6) is -3.27. The lowest BCUT2D eigenvalue weighted by atomic mass is 10.1. The van der Waals surface area contributed by atoms with E-state index < -0.39 is 29.1 Å². The predicted molar refractivity (Wildman–Crippen MR) is 102 cm³/mol. The molecule has 0 aliphatic heterocycles. The van der Waals surface area contributed by atoms with Gasteiger partial charge < -0.3 is 10.2 Å². The third-order valence-corrected chi connectivity index (χ3v) is 3.36. The van der Waals surface area contributed by atoms with Crippen molar-refractivity contribution in [2.75, 3.05) is 5.32 Å². The number of urea groups is 1. The summed E-state index contributed by atoms with van der Waals surface area (Å²) in [4.78, 5) is 29.0. The summed E-state index contributed by atoms with van der Waals surface area (Å²) >= 11 is 0. The number of oxime groups is 1. The maximum atomic E-state index is 13.6. The van der Waals surface area contributed by atoms with Gasteiger partial charge in [0.05, 0.1) is 0 Å². The molecule has 0 aliphatic carbocycles. The molecule has 0 radical (unpaired) electrons. The van der Waals surface area contributed by atoms with Gasteiger partial charge in [-0.2, -0.15) is 0 Å². The van der Waals surface area contributed by atoms with Crippen molar-refractivity contribution < 1.29 is 23.2 Å². The van der Waals surface area contributed by atoms with Crippen molar-refractivity contribution in [3.63, 3.8) is 0 Å². The molecule has 3 amide bonds. The van der Waals surface area contributed by atoms with Crippen molar-refractivity contribution in [1.29, 1.82) is 0 Å². The molecule has 0 heterocycles. The van der Waals surface area contributed by atoms with Gasteiger partial charge in [-0.15, -0.1) is 0 Å². The number of benzene rings is 2. The Balaban J connectivity index is 1.89. The van der Waals surface area contributed by atoms with Crippen LogP contribution in [0.2, 0.25) is 0 Å². The maximum absolute atomic E-state index is 13.6. The predicted octanol–water partition coefficient (Wildman–Crippen LogP) is 4.27. The van der Waals surface area contributed by atoms with E-state index in [2.05, 4.69) is 10.5 Å². The monoisotopic (exact) mass is 389 g/mol. The van der Waals surface area contributed by atoms with Crippen LogP contribution in [0.15, 0.2) is 47.6 Å². The minimum Gasteiger partial charge on any atom is -0.390 e. The Bertz CT molecular complexity index is 855. The van der Waals surface area contributed by atoms with Gasteiger partial charge in [-0.05, 0) is 50.6 Å². The van der Waals surface area contributed by atoms with Gasteiger partial charge in [0.1, 0.15) is 22.8 Å². The zero-order valence-electron chi connectivity index (χ0n) is 15.8.